The maximum atomic E-state index is 13.2. The van der Waals surface area contributed by atoms with Gasteiger partial charge in [0.2, 0.25) is 5.91 Å². The third-order valence-electron chi connectivity index (χ3n) is 3.76. The molecule has 1 N–H and O–H groups in total. The van der Waals surface area contributed by atoms with E-state index in [1.54, 1.807) is 24.3 Å². The summed E-state index contributed by atoms with van der Waals surface area (Å²) >= 11 is 0. The minimum absolute atomic E-state index is 0.101. The summed E-state index contributed by atoms with van der Waals surface area (Å²) in [6, 6.07) is 10.8. The summed E-state index contributed by atoms with van der Waals surface area (Å²) in [7, 11) is -2.56. The molecule has 0 aliphatic rings. The molecule has 27 heavy (non-hydrogen) atoms. The van der Waals surface area contributed by atoms with Gasteiger partial charge in [-0.1, -0.05) is 13.8 Å². The van der Waals surface area contributed by atoms with E-state index in [4.69, 9.17) is 4.74 Å². The Kier molecular flexibility index (Phi) is 6.79. The molecule has 2 rings (SSSR count). The van der Waals surface area contributed by atoms with Crippen molar-refractivity contribution in [1.29, 1.82) is 0 Å². The summed E-state index contributed by atoms with van der Waals surface area (Å²) in [5.74, 6) is -0.177. The highest BCUT2D eigenvalue weighted by Gasteiger charge is 2.27. The SMILES string of the molecule is COc1ccc(N(CC(=O)NCC(C)C)S(=O)(=O)c2ccc(F)cc2)cc1. The highest BCUT2D eigenvalue weighted by molar-refractivity contribution is 7.92. The Bertz CT molecular complexity index is 866. The first-order valence-electron chi connectivity index (χ1n) is 8.43. The Balaban J connectivity index is 2.38. The molecule has 1 amide bonds. The second-order valence-electron chi connectivity index (χ2n) is 6.36. The Morgan fingerprint density at radius 3 is 2.22 bits per heavy atom. The van der Waals surface area contributed by atoms with E-state index < -0.39 is 28.3 Å². The van der Waals surface area contributed by atoms with Gasteiger partial charge in [0.05, 0.1) is 17.7 Å². The van der Waals surface area contributed by atoms with E-state index in [9.17, 15) is 17.6 Å². The van der Waals surface area contributed by atoms with E-state index >= 15 is 0 Å². The fourth-order valence-electron chi connectivity index (χ4n) is 2.30. The number of anilines is 1. The number of ether oxygens (including phenoxy) is 1. The van der Waals surface area contributed by atoms with Gasteiger partial charge < -0.3 is 10.1 Å². The molecule has 2 aromatic carbocycles. The number of amides is 1. The van der Waals surface area contributed by atoms with Crippen molar-refractivity contribution >= 4 is 21.6 Å². The zero-order valence-electron chi connectivity index (χ0n) is 15.5. The van der Waals surface area contributed by atoms with Gasteiger partial charge >= 0.3 is 0 Å². The number of nitrogens with zero attached hydrogens (tertiary/aromatic N) is 1. The molecule has 0 saturated carbocycles. The summed E-state index contributed by atoms with van der Waals surface area (Å²) in [6.45, 7) is 3.93. The van der Waals surface area contributed by atoms with Crippen LogP contribution in [0.3, 0.4) is 0 Å². The number of carbonyl (C=O) groups is 1. The number of halogens is 1. The van der Waals surface area contributed by atoms with Crippen molar-refractivity contribution in [3.63, 3.8) is 0 Å². The van der Waals surface area contributed by atoms with Gasteiger partial charge in [0.1, 0.15) is 18.1 Å². The largest absolute Gasteiger partial charge is 0.497 e. The van der Waals surface area contributed by atoms with Crippen molar-refractivity contribution in [1.82, 2.24) is 5.32 Å². The second kappa shape index (κ2) is 8.85. The molecule has 0 aliphatic heterocycles. The number of methoxy groups -OCH3 is 1. The van der Waals surface area contributed by atoms with Crippen LogP contribution in [0.4, 0.5) is 10.1 Å². The third-order valence-corrected chi connectivity index (χ3v) is 5.54. The zero-order chi connectivity index (χ0) is 20.0. The third kappa shape index (κ3) is 5.43. The lowest BCUT2D eigenvalue weighted by atomic mass is 10.2. The number of nitrogens with one attached hydrogen (secondary N) is 1. The van der Waals surface area contributed by atoms with Crippen LogP contribution in [0.25, 0.3) is 0 Å². The van der Waals surface area contributed by atoms with Crippen LogP contribution in [-0.4, -0.2) is 34.5 Å². The van der Waals surface area contributed by atoms with Crippen molar-refractivity contribution in [2.75, 3.05) is 24.5 Å². The van der Waals surface area contributed by atoms with Crippen LogP contribution >= 0.6 is 0 Å². The van der Waals surface area contributed by atoms with Crippen molar-refractivity contribution < 1.29 is 22.3 Å². The lowest BCUT2D eigenvalue weighted by molar-refractivity contribution is -0.119. The van der Waals surface area contributed by atoms with Gasteiger partial charge in [-0.25, -0.2) is 12.8 Å². The van der Waals surface area contributed by atoms with E-state index in [0.717, 1.165) is 16.4 Å². The average molecular weight is 394 g/mol. The lowest BCUT2D eigenvalue weighted by Gasteiger charge is -2.24. The number of benzene rings is 2. The first-order chi connectivity index (χ1) is 12.7. The first-order valence-corrected chi connectivity index (χ1v) is 9.87. The van der Waals surface area contributed by atoms with Gasteiger partial charge in [-0.15, -0.1) is 0 Å². The molecule has 0 unspecified atom stereocenters. The minimum atomic E-state index is -4.06. The van der Waals surface area contributed by atoms with E-state index in [0.29, 0.717) is 18.0 Å². The number of sulfonamides is 1. The molecule has 0 aromatic heterocycles. The predicted octanol–water partition coefficient (Wildman–Crippen LogP) is 2.80. The highest BCUT2D eigenvalue weighted by atomic mass is 32.2. The monoisotopic (exact) mass is 394 g/mol. The topological polar surface area (TPSA) is 75.7 Å². The molecule has 2 aromatic rings. The maximum Gasteiger partial charge on any atom is 0.264 e. The van der Waals surface area contributed by atoms with E-state index in [-0.39, 0.29) is 10.8 Å². The van der Waals surface area contributed by atoms with E-state index in [1.165, 1.54) is 19.2 Å². The molecule has 146 valence electrons. The van der Waals surface area contributed by atoms with E-state index in [1.807, 2.05) is 13.8 Å². The molecule has 0 atom stereocenters. The minimum Gasteiger partial charge on any atom is -0.497 e. The van der Waals surface area contributed by atoms with E-state index in [2.05, 4.69) is 5.32 Å². The molecule has 0 radical (unpaired) electrons. The Morgan fingerprint density at radius 2 is 1.70 bits per heavy atom. The fourth-order valence-corrected chi connectivity index (χ4v) is 3.72. The van der Waals surface area contributed by atoms with Gasteiger partial charge in [-0.3, -0.25) is 9.10 Å². The van der Waals surface area contributed by atoms with Gasteiger partial charge in [-0.2, -0.15) is 0 Å². The Morgan fingerprint density at radius 1 is 1.11 bits per heavy atom. The molecule has 0 aliphatic carbocycles. The number of hydrogen-bond acceptors (Lipinski definition) is 4. The zero-order valence-corrected chi connectivity index (χ0v) is 16.3. The van der Waals surface area contributed by atoms with Crippen molar-refractivity contribution in [3.8, 4) is 5.75 Å². The molecule has 0 heterocycles. The van der Waals surface area contributed by atoms with Crippen LogP contribution in [0.15, 0.2) is 53.4 Å². The predicted molar refractivity (Wildman–Crippen MR) is 102 cm³/mol. The number of rotatable bonds is 8. The molecule has 0 spiro atoms. The van der Waals surface area contributed by atoms with Crippen molar-refractivity contribution in [2.45, 2.75) is 18.7 Å². The molecular formula is C19H23FN2O4S. The molecule has 6 nitrogen and oxygen atoms in total. The smallest absolute Gasteiger partial charge is 0.264 e. The number of carbonyl (C=O) groups excluding carboxylic acids is 1. The summed E-state index contributed by atoms with van der Waals surface area (Å²) in [6.07, 6.45) is 0. The van der Waals surface area contributed by atoms with Gasteiger partial charge in [0.15, 0.2) is 0 Å². The van der Waals surface area contributed by atoms with Crippen LogP contribution in [0, 0.1) is 11.7 Å². The van der Waals surface area contributed by atoms with Gasteiger partial charge in [-0.05, 0) is 54.4 Å². The molecule has 0 saturated heterocycles. The summed E-state index contributed by atoms with van der Waals surface area (Å²) in [4.78, 5) is 12.2. The average Bonchev–Trinajstić information content (AvgIpc) is 2.65. The van der Waals surface area contributed by atoms with Crippen LogP contribution in [0.2, 0.25) is 0 Å². The lowest BCUT2D eigenvalue weighted by Crippen LogP contribution is -2.41. The Labute approximate surface area is 159 Å². The first kappa shape index (κ1) is 20.7. The summed E-state index contributed by atoms with van der Waals surface area (Å²) in [5, 5.41) is 2.71. The standard InChI is InChI=1S/C19H23FN2O4S/c1-14(2)12-21-19(23)13-22(16-6-8-17(26-3)9-7-16)27(24,25)18-10-4-15(20)5-11-18/h4-11,14H,12-13H2,1-3H3,(H,21,23). The normalized spacial score (nSPS) is 11.3. The molecule has 0 fully saturated rings. The Hall–Kier alpha value is -2.61. The van der Waals surface area contributed by atoms with Gasteiger partial charge in [0.25, 0.3) is 10.0 Å². The molecule has 8 heteroatoms. The van der Waals surface area contributed by atoms with Crippen molar-refractivity contribution in [2.24, 2.45) is 5.92 Å². The van der Waals surface area contributed by atoms with Crippen LogP contribution < -0.4 is 14.4 Å². The quantitative estimate of drug-likeness (QED) is 0.747. The van der Waals surface area contributed by atoms with Crippen LogP contribution in [-0.2, 0) is 14.8 Å². The van der Waals surface area contributed by atoms with Gasteiger partial charge in [0, 0.05) is 6.54 Å². The summed E-state index contributed by atoms with van der Waals surface area (Å²) < 4.78 is 45.4. The highest BCUT2D eigenvalue weighted by Crippen LogP contribution is 2.25. The maximum absolute atomic E-state index is 13.2. The second-order valence-corrected chi connectivity index (χ2v) is 8.22. The fraction of sp³-hybridized carbons (Fsp3) is 0.316. The summed E-state index contributed by atoms with van der Waals surface area (Å²) in [5.41, 5.74) is 0.305. The van der Waals surface area contributed by atoms with Crippen molar-refractivity contribution in [3.05, 3.63) is 54.3 Å². The van der Waals surface area contributed by atoms with Crippen LogP contribution in [0.5, 0.6) is 5.75 Å². The molecular weight excluding hydrogens is 371 g/mol. The number of hydrogen-bond donors (Lipinski definition) is 1. The van der Waals surface area contributed by atoms with Crippen LogP contribution in [0.1, 0.15) is 13.8 Å². The molecule has 0 bridgehead atoms.